The molecule has 20 heavy (non-hydrogen) atoms. The minimum Gasteiger partial charge on any atom is -0.481 e. The summed E-state index contributed by atoms with van der Waals surface area (Å²) >= 11 is 0. The molecule has 0 radical (unpaired) electrons. The predicted molar refractivity (Wildman–Crippen MR) is 75.7 cm³/mol. The van der Waals surface area contributed by atoms with E-state index >= 15 is 0 Å². The molecule has 1 atom stereocenters. The second kappa shape index (κ2) is 5.99. The summed E-state index contributed by atoms with van der Waals surface area (Å²) in [6, 6.07) is -0.319. The Kier molecular flexibility index (Phi) is 5.02. The van der Waals surface area contributed by atoms with E-state index < -0.39 is 5.97 Å². The summed E-state index contributed by atoms with van der Waals surface area (Å²) in [4.78, 5) is 24.5. The van der Waals surface area contributed by atoms with Gasteiger partial charge in [0.05, 0.1) is 24.3 Å². The van der Waals surface area contributed by atoms with E-state index in [1.807, 2.05) is 34.6 Å². The molecule has 6 heteroatoms. The molecule has 1 aliphatic rings. The Hall–Kier alpha value is -1.30. The highest BCUT2D eigenvalue weighted by molar-refractivity contribution is 5.75. The minimum atomic E-state index is -0.847. The van der Waals surface area contributed by atoms with Crippen molar-refractivity contribution in [2.45, 2.75) is 64.7 Å². The molecule has 0 aliphatic carbocycles. The van der Waals surface area contributed by atoms with E-state index in [9.17, 15) is 9.59 Å². The average Bonchev–Trinajstić information content (AvgIpc) is 2.21. The molecular formula is C14H26N2O4. The van der Waals surface area contributed by atoms with Crippen LogP contribution in [-0.2, 0) is 9.53 Å². The van der Waals surface area contributed by atoms with Crippen molar-refractivity contribution in [1.29, 1.82) is 0 Å². The monoisotopic (exact) mass is 286 g/mol. The van der Waals surface area contributed by atoms with Crippen LogP contribution in [-0.4, -0.2) is 52.3 Å². The zero-order chi connectivity index (χ0) is 15.6. The van der Waals surface area contributed by atoms with Crippen molar-refractivity contribution in [2.75, 3.05) is 13.1 Å². The topological polar surface area (TPSA) is 78.9 Å². The van der Waals surface area contributed by atoms with Crippen LogP contribution < -0.4 is 5.32 Å². The number of carbonyl (C=O) groups is 2. The van der Waals surface area contributed by atoms with Crippen LogP contribution in [0.25, 0.3) is 0 Å². The summed E-state index contributed by atoms with van der Waals surface area (Å²) in [5, 5.41) is 11.5. The molecule has 6 nitrogen and oxygen atoms in total. The Morgan fingerprint density at radius 3 is 2.20 bits per heavy atom. The molecule has 2 N–H and O–H groups in total. The lowest BCUT2D eigenvalue weighted by Gasteiger charge is -2.47. The molecule has 0 aromatic carbocycles. The molecule has 1 rings (SSSR count). The Bertz CT molecular complexity index is 363. The summed E-state index contributed by atoms with van der Waals surface area (Å²) in [5.41, 5.74) is -0.771. The number of carbonyl (C=O) groups excluding carboxylic acids is 1. The lowest BCUT2D eigenvalue weighted by Crippen LogP contribution is -2.61. The van der Waals surface area contributed by atoms with Gasteiger partial charge in [0, 0.05) is 12.5 Å². The van der Waals surface area contributed by atoms with Crippen LogP contribution >= 0.6 is 0 Å². The van der Waals surface area contributed by atoms with Crippen molar-refractivity contribution in [3.05, 3.63) is 0 Å². The Morgan fingerprint density at radius 1 is 1.25 bits per heavy atom. The van der Waals surface area contributed by atoms with E-state index in [1.165, 1.54) is 0 Å². The zero-order valence-corrected chi connectivity index (χ0v) is 13.0. The van der Waals surface area contributed by atoms with Gasteiger partial charge in [-0.3, -0.25) is 4.79 Å². The smallest absolute Gasteiger partial charge is 0.317 e. The SMILES string of the molecule is CC(CCC(=O)O)NC(=O)N1CC(C)(C)OC(C)(C)C1. The number of amides is 2. The van der Waals surface area contributed by atoms with Gasteiger partial charge in [-0.15, -0.1) is 0 Å². The van der Waals surface area contributed by atoms with Crippen LogP contribution in [0.5, 0.6) is 0 Å². The van der Waals surface area contributed by atoms with E-state index in [1.54, 1.807) is 4.90 Å². The third-order valence-corrected chi connectivity index (χ3v) is 3.14. The largest absolute Gasteiger partial charge is 0.481 e. The van der Waals surface area contributed by atoms with Gasteiger partial charge in [-0.1, -0.05) is 0 Å². The lowest BCUT2D eigenvalue weighted by molar-refractivity contribution is -0.170. The quantitative estimate of drug-likeness (QED) is 0.826. The second-order valence-electron chi connectivity index (χ2n) is 6.76. The number of rotatable bonds is 4. The summed E-state index contributed by atoms with van der Waals surface area (Å²) in [6.07, 6.45) is 0.486. The fraction of sp³-hybridized carbons (Fsp3) is 0.857. The molecule has 0 aromatic heterocycles. The Balaban J connectivity index is 2.56. The van der Waals surface area contributed by atoms with E-state index in [0.29, 0.717) is 19.5 Å². The van der Waals surface area contributed by atoms with E-state index in [0.717, 1.165) is 0 Å². The number of aliphatic carboxylic acids is 1. The number of hydrogen-bond donors (Lipinski definition) is 2. The number of morpholine rings is 1. The molecule has 2 amide bonds. The van der Waals surface area contributed by atoms with Gasteiger partial charge in [0.1, 0.15) is 0 Å². The standard InChI is InChI=1S/C14H26N2O4/c1-10(6-7-11(17)18)15-12(19)16-8-13(2,3)20-14(4,5)9-16/h10H,6-9H2,1-5H3,(H,15,19)(H,17,18). The first-order chi connectivity index (χ1) is 9.01. The molecular weight excluding hydrogens is 260 g/mol. The van der Waals surface area contributed by atoms with Gasteiger partial charge >= 0.3 is 12.0 Å². The van der Waals surface area contributed by atoms with Crippen LogP contribution in [0.2, 0.25) is 0 Å². The van der Waals surface area contributed by atoms with E-state index in [-0.39, 0.29) is 29.7 Å². The Morgan fingerprint density at radius 2 is 1.75 bits per heavy atom. The highest BCUT2D eigenvalue weighted by Gasteiger charge is 2.40. The van der Waals surface area contributed by atoms with Crippen molar-refractivity contribution in [1.82, 2.24) is 10.2 Å². The van der Waals surface area contributed by atoms with Gasteiger partial charge in [0.2, 0.25) is 0 Å². The summed E-state index contributed by atoms with van der Waals surface area (Å²) in [5.74, 6) is -0.847. The predicted octanol–water partition coefficient (Wildman–Crippen LogP) is 1.84. The molecule has 0 spiro atoms. The maximum atomic E-state index is 12.2. The fourth-order valence-electron chi connectivity index (χ4n) is 2.65. The number of carboxylic acid groups (broad SMARTS) is 1. The highest BCUT2D eigenvalue weighted by atomic mass is 16.5. The van der Waals surface area contributed by atoms with Gasteiger partial charge in [-0.25, -0.2) is 4.79 Å². The van der Waals surface area contributed by atoms with Gasteiger partial charge < -0.3 is 20.1 Å². The number of ether oxygens (including phenoxy) is 1. The molecule has 1 saturated heterocycles. The first-order valence-corrected chi connectivity index (χ1v) is 6.98. The second-order valence-corrected chi connectivity index (χ2v) is 6.76. The average molecular weight is 286 g/mol. The summed E-state index contributed by atoms with van der Waals surface area (Å²) in [6.45, 7) is 10.7. The van der Waals surface area contributed by atoms with Crippen molar-refractivity contribution in [2.24, 2.45) is 0 Å². The van der Waals surface area contributed by atoms with Gasteiger partial charge in [-0.05, 0) is 41.0 Å². The number of hydrogen-bond acceptors (Lipinski definition) is 3. The molecule has 116 valence electrons. The Labute approximate surface area is 120 Å². The zero-order valence-electron chi connectivity index (χ0n) is 13.0. The minimum absolute atomic E-state index is 0.0571. The van der Waals surface area contributed by atoms with Crippen LogP contribution in [0.1, 0.15) is 47.5 Å². The van der Waals surface area contributed by atoms with Crippen LogP contribution in [0, 0.1) is 0 Å². The normalized spacial score (nSPS) is 22.1. The molecule has 0 aromatic rings. The van der Waals surface area contributed by atoms with Crippen molar-refractivity contribution < 1.29 is 19.4 Å². The molecule has 1 unspecified atom stereocenters. The van der Waals surface area contributed by atoms with Crippen LogP contribution in [0.3, 0.4) is 0 Å². The van der Waals surface area contributed by atoms with Crippen LogP contribution in [0.15, 0.2) is 0 Å². The van der Waals surface area contributed by atoms with Crippen LogP contribution in [0.4, 0.5) is 4.79 Å². The number of nitrogens with one attached hydrogen (secondary N) is 1. The number of urea groups is 1. The van der Waals surface area contributed by atoms with E-state index in [2.05, 4.69) is 5.32 Å². The number of nitrogens with zero attached hydrogens (tertiary/aromatic N) is 1. The maximum absolute atomic E-state index is 12.2. The van der Waals surface area contributed by atoms with Crippen molar-refractivity contribution in [3.63, 3.8) is 0 Å². The molecule has 1 aliphatic heterocycles. The van der Waals surface area contributed by atoms with Crippen molar-refractivity contribution in [3.8, 4) is 0 Å². The van der Waals surface area contributed by atoms with Gasteiger partial charge in [-0.2, -0.15) is 0 Å². The third-order valence-electron chi connectivity index (χ3n) is 3.14. The van der Waals surface area contributed by atoms with Gasteiger partial charge in [0.15, 0.2) is 0 Å². The maximum Gasteiger partial charge on any atom is 0.317 e. The van der Waals surface area contributed by atoms with E-state index in [4.69, 9.17) is 9.84 Å². The van der Waals surface area contributed by atoms with Gasteiger partial charge in [0.25, 0.3) is 0 Å². The fourth-order valence-corrected chi connectivity index (χ4v) is 2.65. The molecule has 1 fully saturated rings. The number of carboxylic acids is 1. The first kappa shape index (κ1) is 16.8. The third kappa shape index (κ3) is 5.36. The lowest BCUT2D eigenvalue weighted by atomic mass is 9.99. The molecule has 1 heterocycles. The van der Waals surface area contributed by atoms with Crippen molar-refractivity contribution >= 4 is 12.0 Å². The molecule has 0 saturated carbocycles. The molecule has 0 bridgehead atoms. The highest BCUT2D eigenvalue weighted by Crippen LogP contribution is 2.27. The summed E-state index contributed by atoms with van der Waals surface area (Å²) < 4.78 is 5.93. The first-order valence-electron chi connectivity index (χ1n) is 6.98. The summed E-state index contributed by atoms with van der Waals surface area (Å²) in [7, 11) is 0.